The van der Waals surface area contributed by atoms with Crippen LogP contribution < -0.4 is 5.32 Å². The third-order valence-corrected chi connectivity index (χ3v) is 2.55. The Morgan fingerprint density at radius 3 is 2.75 bits per heavy atom. The zero-order valence-corrected chi connectivity index (χ0v) is 9.85. The van der Waals surface area contributed by atoms with Crippen LogP contribution in [-0.2, 0) is 27.1 Å². The molecular weight excluding hydrogens is 200 g/mol. The average Bonchev–Trinajstić information content (AvgIpc) is 2.83. The minimum absolute atomic E-state index is 0.924. The molecule has 2 aromatic heterocycles. The number of nitrogens with one attached hydrogen (secondary N) is 1. The SMILES string of the molecule is Cn1ccc(CNCCc2ccn(C)n2)c1. The summed E-state index contributed by atoms with van der Waals surface area (Å²) in [5, 5.41) is 7.74. The van der Waals surface area contributed by atoms with Crippen molar-refractivity contribution < 1.29 is 0 Å². The maximum absolute atomic E-state index is 4.33. The summed E-state index contributed by atoms with van der Waals surface area (Å²) in [5.41, 5.74) is 2.46. The number of hydrogen-bond acceptors (Lipinski definition) is 2. The monoisotopic (exact) mass is 218 g/mol. The third-order valence-electron chi connectivity index (χ3n) is 2.55. The van der Waals surface area contributed by atoms with Crippen molar-refractivity contribution in [2.45, 2.75) is 13.0 Å². The number of rotatable bonds is 5. The Bertz CT molecular complexity index is 399. The van der Waals surface area contributed by atoms with Gasteiger partial charge in [0.15, 0.2) is 0 Å². The molecule has 2 aromatic rings. The first-order chi connectivity index (χ1) is 7.74. The molecule has 1 N–H and O–H groups in total. The standard InChI is InChI=1S/C12H18N4/c1-15-7-4-11(10-15)9-13-6-3-12-5-8-16(2)14-12/h4-5,7-8,10,13H,3,6,9H2,1-2H3. The van der Waals surface area contributed by atoms with Crippen LogP contribution in [0.3, 0.4) is 0 Å². The van der Waals surface area contributed by atoms with Crippen LogP contribution in [0.15, 0.2) is 30.7 Å². The van der Waals surface area contributed by atoms with Gasteiger partial charge >= 0.3 is 0 Å². The minimum atomic E-state index is 0.924. The van der Waals surface area contributed by atoms with E-state index in [9.17, 15) is 0 Å². The van der Waals surface area contributed by atoms with Crippen molar-refractivity contribution in [1.29, 1.82) is 0 Å². The maximum Gasteiger partial charge on any atom is 0.0637 e. The van der Waals surface area contributed by atoms with E-state index < -0.39 is 0 Å². The van der Waals surface area contributed by atoms with Gasteiger partial charge in [0.05, 0.1) is 5.69 Å². The molecule has 0 atom stereocenters. The van der Waals surface area contributed by atoms with Gasteiger partial charge in [-0.1, -0.05) is 0 Å². The van der Waals surface area contributed by atoms with Gasteiger partial charge in [0, 0.05) is 52.2 Å². The van der Waals surface area contributed by atoms with E-state index in [2.05, 4.69) is 39.5 Å². The van der Waals surface area contributed by atoms with Gasteiger partial charge in [-0.3, -0.25) is 4.68 Å². The Morgan fingerprint density at radius 2 is 2.12 bits per heavy atom. The minimum Gasteiger partial charge on any atom is -0.357 e. The predicted octanol–water partition coefficient (Wildman–Crippen LogP) is 1.09. The van der Waals surface area contributed by atoms with Crippen LogP contribution in [0.4, 0.5) is 0 Å². The molecule has 0 radical (unpaired) electrons. The summed E-state index contributed by atoms with van der Waals surface area (Å²) in [6.45, 7) is 1.89. The highest BCUT2D eigenvalue weighted by Gasteiger charge is 1.97. The summed E-state index contributed by atoms with van der Waals surface area (Å²) < 4.78 is 3.91. The molecule has 0 saturated carbocycles. The normalized spacial score (nSPS) is 10.9. The lowest BCUT2D eigenvalue weighted by atomic mass is 10.3. The molecule has 2 rings (SSSR count). The van der Waals surface area contributed by atoms with Gasteiger partial charge in [0.2, 0.25) is 0 Å². The van der Waals surface area contributed by atoms with E-state index in [1.165, 1.54) is 5.56 Å². The topological polar surface area (TPSA) is 34.8 Å². The van der Waals surface area contributed by atoms with Crippen molar-refractivity contribution in [3.05, 3.63) is 42.0 Å². The van der Waals surface area contributed by atoms with Gasteiger partial charge < -0.3 is 9.88 Å². The number of aryl methyl sites for hydroxylation is 2. The Hall–Kier alpha value is -1.55. The molecule has 0 aliphatic rings. The molecule has 2 heterocycles. The first-order valence-electron chi connectivity index (χ1n) is 5.54. The van der Waals surface area contributed by atoms with Crippen LogP contribution in [0, 0.1) is 0 Å². The summed E-state index contributed by atoms with van der Waals surface area (Å²) in [6, 6.07) is 4.19. The van der Waals surface area contributed by atoms with Gasteiger partial charge in [-0.25, -0.2) is 0 Å². The second kappa shape index (κ2) is 4.99. The number of nitrogens with zero attached hydrogens (tertiary/aromatic N) is 3. The van der Waals surface area contributed by atoms with E-state index in [-0.39, 0.29) is 0 Å². The molecule has 4 heteroatoms. The molecule has 0 aromatic carbocycles. The fraction of sp³-hybridized carbons (Fsp3) is 0.417. The second-order valence-corrected chi connectivity index (χ2v) is 4.09. The molecule has 0 amide bonds. The summed E-state index contributed by atoms with van der Waals surface area (Å²) in [7, 11) is 3.98. The summed E-state index contributed by atoms with van der Waals surface area (Å²) in [5.74, 6) is 0. The Kier molecular flexibility index (Phi) is 3.41. The molecule has 0 aliphatic heterocycles. The van der Waals surface area contributed by atoms with Crippen LogP contribution in [0.5, 0.6) is 0 Å². The Morgan fingerprint density at radius 1 is 1.25 bits per heavy atom. The molecule has 16 heavy (non-hydrogen) atoms. The fourth-order valence-electron chi connectivity index (χ4n) is 1.71. The third kappa shape index (κ3) is 2.97. The van der Waals surface area contributed by atoms with E-state index in [1.807, 2.05) is 25.0 Å². The largest absolute Gasteiger partial charge is 0.357 e. The van der Waals surface area contributed by atoms with E-state index in [0.29, 0.717) is 0 Å². The van der Waals surface area contributed by atoms with E-state index in [1.54, 1.807) is 0 Å². The van der Waals surface area contributed by atoms with Gasteiger partial charge in [-0.2, -0.15) is 5.10 Å². The van der Waals surface area contributed by atoms with Gasteiger partial charge in [-0.05, 0) is 17.7 Å². The molecular formula is C12H18N4. The summed E-state index contributed by atoms with van der Waals surface area (Å²) >= 11 is 0. The van der Waals surface area contributed by atoms with Crippen LogP contribution in [-0.4, -0.2) is 20.9 Å². The first kappa shape index (κ1) is 11.0. The van der Waals surface area contributed by atoms with Gasteiger partial charge in [-0.15, -0.1) is 0 Å². The van der Waals surface area contributed by atoms with Crippen LogP contribution >= 0.6 is 0 Å². The average molecular weight is 218 g/mol. The lowest BCUT2D eigenvalue weighted by molar-refractivity contribution is 0.665. The summed E-state index contributed by atoms with van der Waals surface area (Å²) in [6.07, 6.45) is 7.16. The molecule has 0 fully saturated rings. The van der Waals surface area contributed by atoms with Gasteiger partial charge in [0.25, 0.3) is 0 Å². The zero-order chi connectivity index (χ0) is 11.4. The zero-order valence-electron chi connectivity index (χ0n) is 9.85. The van der Waals surface area contributed by atoms with E-state index in [4.69, 9.17) is 0 Å². The van der Waals surface area contributed by atoms with Crippen LogP contribution in [0.2, 0.25) is 0 Å². The van der Waals surface area contributed by atoms with Crippen LogP contribution in [0.25, 0.3) is 0 Å². The Balaban J connectivity index is 1.69. The predicted molar refractivity (Wildman–Crippen MR) is 64.0 cm³/mol. The lowest BCUT2D eigenvalue weighted by Gasteiger charge is -2.01. The van der Waals surface area contributed by atoms with E-state index >= 15 is 0 Å². The highest BCUT2D eigenvalue weighted by Crippen LogP contribution is 1.99. The molecule has 0 spiro atoms. The molecule has 0 aliphatic carbocycles. The van der Waals surface area contributed by atoms with Crippen molar-refractivity contribution >= 4 is 0 Å². The molecule has 0 unspecified atom stereocenters. The van der Waals surface area contributed by atoms with Crippen molar-refractivity contribution in [2.24, 2.45) is 14.1 Å². The quantitative estimate of drug-likeness (QED) is 0.762. The van der Waals surface area contributed by atoms with Gasteiger partial charge in [0.1, 0.15) is 0 Å². The second-order valence-electron chi connectivity index (χ2n) is 4.09. The highest BCUT2D eigenvalue weighted by atomic mass is 15.2. The fourth-order valence-corrected chi connectivity index (χ4v) is 1.71. The van der Waals surface area contributed by atoms with Crippen molar-refractivity contribution in [3.8, 4) is 0 Å². The molecule has 86 valence electrons. The number of aromatic nitrogens is 3. The molecule has 0 bridgehead atoms. The van der Waals surface area contributed by atoms with E-state index in [0.717, 1.165) is 25.2 Å². The first-order valence-corrected chi connectivity index (χ1v) is 5.54. The molecule has 4 nitrogen and oxygen atoms in total. The molecule has 0 saturated heterocycles. The Labute approximate surface area is 95.9 Å². The van der Waals surface area contributed by atoms with Crippen LogP contribution in [0.1, 0.15) is 11.3 Å². The van der Waals surface area contributed by atoms with Crippen molar-refractivity contribution in [2.75, 3.05) is 6.54 Å². The number of hydrogen-bond donors (Lipinski definition) is 1. The maximum atomic E-state index is 4.33. The van der Waals surface area contributed by atoms with Crippen molar-refractivity contribution in [1.82, 2.24) is 19.7 Å². The smallest absolute Gasteiger partial charge is 0.0637 e. The summed E-state index contributed by atoms with van der Waals surface area (Å²) in [4.78, 5) is 0. The van der Waals surface area contributed by atoms with Crippen molar-refractivity contribution in [3.63, 3.8) is 0 Å². The highest BCUT2D eigenvalue weighted by molar-refractivity contribution is 5.09. The lowest BCUT2D eigenvalue weighted by Crippen LogP contribution is -2.16.